The maximum Gasteiger partial charge on any atom is 0.176 e. The van der Waals surface area contributed by atoms with Crippen LogP contribution in [0.5, 0.6) is 0 Å². The highest BCUT2D eigenvalue weighted by Crippen LogP contribution is 2.31. The molecule has 72 valence electrons. The second kappa shape index (κ2) is 3.79. The quantitative estimate of drug-likeness (QED) is 0.333. The zero-order valence-corrected chi connectivity index (χ0v) is 8.08. The highest BCUT2D eigenvalue weighted by Gasteiger charge is 2.22. The van der Waals surface area contributed by atoms with Crippen LogP contribution in [-0.2, 0) is 0 Å². The molecule has 0 aliphatic rings. The Labute approximate surface area is 81.7 Å². The van der Waals surface area contributed by atoms with Crippen LogP contribution in [-0.4, -0.2) is 6.26 Å². The lowest BCUT2D eigenvalue weighted by molar-refractivity contribution is 0.401. The largest absolute Gasteiger partial charge is 0.202 e. The first-order valence-electron chi connectivity index (χ1n) is 3.09. The van der Waals surface area contributed by atoms with Gasteiger partial charge in [0.05, 0.1) is 9.79 Å². The third kappa shape index (κ3) is 1.65. The number of halogens is 4. The van der Waals surface area contributed by atoms with Crippen molar-refractivity contribution in [3.05, 3.63) is 23.3 Å². The maximum atomic E-state index is 12.9. The summed E-state index contributed by atoms with van der Waals surface area (Å²) >= 11 is 3.89. The van der Waals surface area contributed by atoms with Gasteiger partial charge in [0, 0.05) is 0 Å². The summed E-state index contributed by atoms with van der Waals surface area (Å²) in [5, 5.41) is 0. The molecular weight excluding hydrogens is 224 g/mol. The molecule has 0 spiro atoms. The molecule has 1 aromatic carbocycles. The van der Waals surface area contributed by atoms with Crippen molar-refractivity contribution >= 4 is 24.4 Å². The highest BCUT2D eigenvalue weighted by atomic mass is 32.2. The van der Waals surface area contributed by atoms with Gasteiger partial charge in [-0.3, -0.25) is 0 Å². The SMILES string of the molecule is CSc1c(F)c(F)c(S)c(F)c1F. The molecule has 0 amide bonds. The van der Waals surface area contributed by atoms with Crippen LogP contribution >= 0.6 is 24.4 Å². The summed E-state index contributed by atoms with van der Waals surface area (Å²) < 4.78 is 51.2. The van der Waals surface area contributed by atoms with Crippen molar-refractivity contribution in [3.8, 4) is 0 Å². The van der Waals surface area contributed by atoms with Crippen molar-refractivity contribution in [3.63, 3.8) is 0 Å². The van der Waals surface area contributed by atoms with Gasteiger partial charge < -0.3 is 0 Å². The Morgan fingerprint density at radius 2 is 1.31 bits per heavy atom. The molecule has 13 heavy (non-hydrogen) atoms. The fourth-order valence-corrected chi connectivity index (χ4v) is 1.51. The molecule has 0 heterocycles. The molecule has 6 heteroatoms. The van der Waals surface area contributed by atoms with E-state index in [-0.39, 0.29) is 0 Å². The molecule has 0 unspecified atom stereocenters. The lowest BCUT2D eigenvalue weighted by atomic mass is 10.3. The van der Waals surface area contributed by atoms with E-state index in [1.54, 1.807) is 0 Å². The molecule has 0 aromatic heterocycles. The van der Waals surface area contributed by atoms with Crippen LogP contribution in [0.25, 0.3) is 0 Å². The van der Waals surface area contributed by atoms with Gasteiger partial charge in [-0.25, -0.2) is 17.6 Å². The van der Waals surface area contributed by atoms with Crippen LogP contribution in [0.2, 0.25) is 0 Å². The average Bonchev–Trinajstić information content (AvgIpc) is 2.13. The molecular formula is C7H4F4S2. The molecule has 0 saturated heterocycles. The van der Waals surface area contributed by atoms with Crippen LogP contribution in [0.15, 0.2) is 9.79 Å². The van der Waals surface area contributed by atoms with Gasteiger partial charge in [-0.05, 0) is 6.26 Å². The summed E-state index contributed by atoms with van der Waals surface area (Å²) in [4.78, 5) is -1.61. The van der Waals surface area contributed by atoms with E-state index in [9.17, 15) is 17.6 Å². The first-order valence-corrected chi connectivity index (χ1v) is 4.76. The molecule has 0 radical (unpaired) electrons. The number of thioether (sulfide) groups is 1. The van der Waals surface area contributed by atoms with Crippen LogP contribution in [0, 0.1) is 23.3 Å². The molecule has 0 aliphatic heterocycles. The first-order chi connectivity index (χ1) is 6.00. The van der Waals surface area contributed by atoms with Crippen LogP contribution in [0.4, 0.5) is 17.6 Å². The smallest absolute Gasteiger partial charge is 0.176 e. The third-order valence-electron chi connectivity index (χ3n) is 1.40. The zero-order chi connectivity index (χ0) is 10.2. The predicted octanol–water partition coefficient (Wildman–Crippen LogP) is 3.25. The van der Waals surface area contributed by atoms with E-state index >= 15 is 0 Å². The summed E-state index contributed by atoms with van der Waals surface area (Å²) in [6.45, 7) is 0. The Balaban J connectivity index is 3.56. The summed E-state index contributed by atoms with van der Waals surface area (Å²) in [7, 11) is 0. The third-order valence-corrected chi connectivity index (χ3v) is 2.56. The summed E-state index contributed by atoms with van der Waals surface area (Å²) in [5.41, 5.74) is 0. The van der Waals surface area contributed by atoms with E-state index in [0.717, 1.165) is 0 Å². The molecule has 0 atom stereocenters. The number of rotatable bonds is 1. The van der Waals surface area contributed by atoms with Gasteiger partial charge in [0.2, 0.25) is 0 Å². The summed E-state index contributed by atoms with van der Waals surface area (Å²) in [6.07, 6.45) is 1.32. The number of benzene rings is 1. The highest BCUT2D eigenvalue weighted by molar-refractivity contribution is 7.98. The number of hydrogen-bond acceptors (Lipinski definition) is 2. The van der Waals surface area contributed by atoms with Crippen molar-refractivity contribution in [1.82, 2.24) is 0 Å². The van der Waals surface area contributed by atoms with Crippen molar-refractivity contribution < 1.29 is 17.6 Å². The topological polar surface area (TPSA) is 0 Å². The Bertz CT molecular complexity index is 322. The van der Waals surface area contributed by atoms with Crippen molar-refractivity contribution in [2.24, 2.45) is 0 Å². The van der Waals surface area contributed by atoms with Gasteiger partial charge in [0.1, 0.15) is 0 Å². The normalized spacial score (nSPS) is 10.6. The fraction of sp³-hybridized carbons (Fsp3) is 0.143. The van der Waals surface area contributed by atoms with Gasteiger partial charge in [-0.2, -0.15) is 0 Å². The Hall–Kier alpha value is -0.360. The zero-order valence-electron chi connectivity index (χ0n) is 6.37. The molecule has 0 saturated carbocycles. The summed E-state index contributed by atoms with van der Waals surface area (Å²) in [5.74, 6) is -5.74. The van der Waals surface area contributed by atoms with E-state index in [1.807, 2.05) is 0 Å². The van der Waals surface area contributed by atoms with Crippen molar-refractivity contribution in [2.45, 2.75) is 9.79 Å². The van der Waals surface area contributed by atoms with Gasteiger partial charge in [-0.15, -0.1) is 24.4 Å². The van der Waals surface area contributed by atoms with Gasteiger partial charge in [0.15, 0.2) is 23.3 Å². The first kappa shape index (κ1) is 10.7. The predicted molar refractivity (Wildman–Crippen MR) is 45.3 cm³/mol. The molecule has 0 fully saturated rings. The van der Waals surface area contributed by atoms with Gasteiger partial charge >= 0.3 is 0 Å². The number of hydrogen-bond donors (Lipinski definition) is 1. The lowest BCUT2D eigenvalue weighted by Gasteiger charge is -2.05. The minimum Gasteiger partial charge on any atom is -0.202 e. The van der Waals surface area contributed by atoms with Crippen molar-refractivity contribution in [1.29, 1.82) is 0 Å². The Morgan fingerprint density at radius 1 is 0.923 bits per heavy atom. The monoisotopic (exact) mass is 228 g/mol. The lowest BCUT2D eigenvalue weighted by Crippen LogP contribution is -1.99. The molecule has 0 nitrogen and oxygen atoms in total. The number of thiol groups is 1. The van der Waals surface area contributed by atoms with Crippen LogP contribution in [0.1, 0.15) is 0 Å². The van der Waals surface area contributed by atoms with Crippen LogP contribution in [0.3, 0.4) is 0 Å². The van der Waals surface area contributed by atoms with E-state index in [4.69, 9.17) is 0 Å². The molecule has 0 aliphatic carbocycles. The second-order valence-corrected chi connectivity index (χ2v) is 3.40. The molecule has 0 bridgehead atoms. The van der Waals surface area contributed by atoms with E-state index in [1.165, 1.54) is 6.26 Å². The minimum absolute atomic E-state index is 0.595. The van der Waals surface area contributed by atoms with E-state index in [2.05, 4.69) is 12.6 Å². The Morgan fingerprint density at radius 3 is 1.62 bits per heavy atom. The van der Waals surface area contributed by atoms with Gasteiger partial charge in [-0.1, -0.05) is 0 Å². The minimum atomic E-state index is -1.47. The molecule has 1 aromatic rings. The average molecular weight is 228 g/mol. The maximum absolute atomic E-state index is 12.9. The fourth-order valence-electron chi connectivity index (χ4n) is 0.779. The Kier molecular flexibility index (Phi) is 3.13. The van der Waals surface area contributed by atoms with E-state index < -0.39 is 33.1 Å². The molecule has 0 N–H and O–H groups in total. The second-order valence-electron chi connectivity index (χ2n) is 2.14. The van der Waals surface area contributed by atoms with E-state index in [0.29, 0.717) is 11.8 Å². The standard InChI is InChI=1S/C7H4F4S2/c1-13-7-4(10)2(8)6(12)3(9)5(7)11/h12H,1H3. The summed E-state index contributed by atoms with van der Waals surface area (Å²) in [6, 6.07) is 0. The van der Waals surface area contributed by atoms with Crippen LogP contribution < -0.4 is 0 Å². The van der Waals surface area contributed by atoms with Crippen molar-refractivity contribution in [2.75, 3.05) is 6.26 Å². The molecule has 1 rings (SSSR count). The van der Waals surface area contributed by atoms with Gasteiger partial charge in [0.25, 0.3) is 0 Å².